The Morgan fingerprint density at radius 2 is 0.967 bits per heavy atom. The molecule has 30 heavy (non-hydrogen) atoms. The van der Waals surface area contributed by atoms with Crippen molar-refractivity contribution < 1.29 is 44.0 Å². The average Bonchev–Trinajstić information content (AvgIpc) is 2.72. The molecule has 0 radical (unpaired) electrons. The molecule has 1 rings (SSSR count). The van der Waals surface area contributed by atoms with E-state index in [1.54, 1.807) is 24.3 Å². The average molecular weight is 474 g/mol. The van der Waals surface area contributed by atoms with Gasteiger partial charge in [0.1, 0.15) is 0 Å². The number of esters is 2. The third kappa shape index (κ3) is 13.9. The zero-order chi connectivity index (χ0) is 20.5. The zero-order valence-electron chi connectivity index (χ0n) is 19.0. The first-order chi connectivity index (χ1) is 13.7. The van der Waals surface area contributed by atoms with E-state index < -0.39 is 11.9 Å². The van der Waals surface area contributed by atoms with Crippen LogP contribution in [0.5, 0.6) is 0 Å². The molecule has 0 bridgehead atoms. The topological polar surface area (TPSA) is 84.1 Å². The van der Waals surface area contributed by atoms with Crippen LogP contribution < -0.4 is 0 Å². The normalized spacial score (nSPS) is 9.93. The minimum atomic E-state index is -0.444. The molecule has 0 atom stereocenters. The summed E-state index contributed by atoms with van der Waals surface area (Å²) < 4.78 is 10.7. The van der Waals surface area contributed by atoms with Gasteiger partial charge < -0.3 is 14.9 Å². The van der Waals surface area contributed by atoms with Gasteiger partial charge in [-0.15, -0.1) is 0 Å². The molecule has 0 heterocycles. The Morgan fingerprint density at radius 3 is 1.33 bits per heavy atom. The first-order valence-electron chi connectivity index (χ1n) is 11.1. The molecule has 5 nitrogen and oxygen atoms in total. The van der Waals surface area contributed by atoms with Crippen LogP contribution in [0, 0.1) is 0 Å². The molecular formula is C24H40O5Zn. The van der Waals surface area contributed by atoms with Gasteiger partial charge in [0.25, 0.3) is 0 Å². The van der Waals surface area contributed by atoms with Crippen LogP contribution in [0.15, 0.2) is 24.3 Å². The molecule has 0 aliphatic carbocycles. The first-order valence-corrected chi connectivity index (χ1v) is 11.1. The predicted molar refractivity (Wildman–Crippen MR) is 117 cm³/mol. The molecule has 0 unspecified atom stereocenters. The summed E-state index contributed by atoms with van der Waals surface area (Å²) in [4.78, 5) is 24.7. The van der Waals surface area contributed by atoms with Crippen molar-refractivity contribution in [1.82, 2.24) is 0 Å². The molecule has 0 fully saturated rings. The molecule has 0 spiro atoms. The second kappa shape index (κ2) is 21.0. The van der Waals surface area contributed by atoms with Gasteiger partial charge in [-0.2, -0.15) is 0 Å². The Kier molecular flexibility index (Phi) is 21.6. The van der Waals surface area contributed by atoms with E-state index in [1.807, 2.05) is 0 Å². The van der Waals surface area contributed by atoms with Gasteiger partial charge in [0.05, 0.1) is 24.3 Å². The summed E-state index contributed by atoms with van der Waals surface area (Å²) >= 11 is 0. The van der Waals surface area contributed by atoms with Crippen molar-refractivity contribution >= 4 is 11.9 Å². The standard InChI is InChI=1S/C24H38O4.H2O.Zn/c1-3-5-7-9-11-15-19-27-23(25)21-17-13-14-18-22(21)24(26)28-20-16-12-10-8-6-4-2;;/h13-14,17-18H,3-12,15-16,19-20H2,1-2H3;1H2;. The van der Waals surface area contributed by atoms with Crippen LogP contribution in [-0.4, -0.2) is 30.6 Å². The fraction of sp³-hybridized carbons (Fsp3) is 0.667. The molecule has 2 N–H and O–H groups in total. The van der Waals surface area contributed by atoms with E-state index in [0.717, 1.165) is 25.7 Å². The van der Waals surface area contributed by atoms with E-state index in [1.165, 1.54) is 51.4 Å². The van der Waals surface area contributed by atoms with Crippen LogP contribution in [0.4, 0.5) is 0 Å². The summed E-state index contributed by atoms with van der Waals surface area (Å²) in [6.07, 6.45) is 13.6. The molecule has 168 valence electrons. The first kappa shape index (κ1) is 30.9. The number of ether oxygens (including phenoxy) is 2. The van der Waals surface area contributed by atoms with Gasteiger partial charge in [-0.25, -0.2) is 9.59 Å². The second-order valence-electron chi connectivity index (χ2n) is 7.35. The molecule has 0 saturated carbocycles. The van der Waals surface area contributed by atoms with Gasteiger partial charge in [-0.3, -0.25) is 0 Å². The van der Waals surface area contributed by atoms with Crippen LogP contribution in [0.1, 0.15) is 112 Å². The molecule has 0 amide bonds. The van der Waals surface area contributed by atoms with Crippen molar-refractivity contribution in [2.45, 2.75) is 90.9 Å². The molecule has 6 heteroatoms. The SMILES string of the molecule is CCCCCCCCOC(=O)c1ccccc1C(=O)OCCCCCCCC.O.[Zn]. The largest absolute Gasteiger partial charge is 0.462 e. The summed E-state index contributed by atoms with van der Waals surface area (Å²) in [6.45, 7) is 5.17. The zero-order valence-corrected chi connectivity index (χ0v) is 22.0. The van der Waals surface area contributed by atoms with Gasteiger partial charge in [-0.05, 0) is 25.0 Å². The third-order valence-electron chi connectivity index (χ3n) is 4.83. The molecule has 0 aliphatic heterocycles. The Morgan fingerprint density at radius 1 is 0.633 bits per heavy atom. The van der Waals surface area contributed by atoms with Crippen molar-refractivity contribution in [3.63, 3.8) is 0 Å². The van der Waals surface area contributed by atoms with E-state index >= 15 is 0 Å². The van der Waals surface area contributed by atoms with Crippen molar-refractivity contribution in [1.29, 1.82) is 0 Å². The van der Waals surface area contributed by atoms with Crippen molar-refractivity contribution in [3.05, 3.63) is 35.4 Å². The number of hydrogen-bond acceptors (Lipinski definition) is 4. The molecule has 0 saturated heterocycles. The summed E-state index contributed by atoms with van der Waals surface area (Å²) in [5.41, 5.74) is 0.586. The van der Waals surface area contributed by atoms with Crippen LogP contribution >= 0.6 is 0 Å². The number of hydrogen-bond donors (Lipinski definition) is 0. The Balaban J connectivity index is 0. The van der Waals surface area contributed by atoms with E-state index in [0.29, 0.717) is 24.3 Å². The molecule has 0 aliphatic rings. The minimum Gasteiger partial charge on any atom is -0.462 e. The van der Waals surface area contributed by atoms with Crippen LogP contribution in [-0.2, 0) is 29.0 Å². The second-order valence-corrected chi connectivity index (χ2v) is 7.35. The quantitative estimate of drug-likeness (QED) is 0.170. The molecular weight excluding hydrogens is 434 g/mol. The van der Waals surface area contributed by atoms with Crippen LogP contribution in [0.3, 0.4) is 0 Å². The van der Waals surface area contributed by atoms with Crippen LogP contribution in [0.2, 0.25) is 0 Å². The van der Waals surface area contributed by atoms with E-state index in [4.69, 9.17) is 9.47 Å². The molecule has 1 aromatic carbocycles. The predicted octanol–water partition coefficient (Wildman–Crippen LogP) is 5.89. The van der Waals surface area contributed by atoms with E-state index in [-0.39, 0.29) is 25.0 Å². The van der Waals surface area contributed by atoms with Gasteiger partial charge >= 0.3 is 11.9 Å². The number of benzene rings is 1. The summed E-state index contributed by atoms with van der Waals surface area (Å²) in [6, 6.07) is 6.74. The van der Waals surface area contributed by atoms with Gasteiger partial charge in [-0.1, -0.05) is 90.2 Å². The Hall–Kier alpha value is -1.26. The van der Waals surface area contributed by atoms with Gasteiger partial charge in [0.2, 0.25) is 0 Å². The van der Waals surface area contributed by atoms with Crippen molar-refractivity contribution in [2.24, 2.45) is 0 Å². The van der Waals surface area contributed by atoms with E-state index in [9.17, 15) is 9.59 Å². The summed E-state index contributed by atoms with van der Waals surface area (Å²) in [7, 11) is 0. The summed E-state index contributed by atoms with van der Waals surface area (Å²) in [5.74, 6) is -0.888. The Labute approximate surface area is 195 Å². The smallest absolute Gasteiger partial charge is 0.339 e. The number of carbonyl (C=O) groups excluding carboxylic acids is 2. The fourth-order valence-electron chi connectivity index (χ4n) is 3.09. The summed E-state index contributed by atoms with van der Waals surface area (Å²) in [5, 5.41) is 0. The van der Waals surface area contributed by atoms with Gasteiger partial charge in [0.15, 0.2) is 0 Å². The fourth-order valence-corrected chi connectivity index (χ4v) is 3.09. The van der Waals surface area contributed by atoms with Crippen LogP contribution in [0.25, 0.3) is 0 Å². The minimum absolute atomic E-state index is 0. The number of unbranched alkanes of at least 4 members (excludes halogenated alkanes) is 10. The van der Waals surface area contributed by atoms with E-state index in [2.05, 4.69) is 13.8 Å². The maximum Gasteiger partial charge on any atom is 0.339 e. The van der Waals surface area contributed by atoms with Gasteiger partial charge in [0, 0.05) is 19.5 Å². The number of carbonyl (C=O) groups is 2. The molecule has 0 aromatic heterocycles. The van der Waals surface area contributed by atoms with Crippen molar-refractivity contribution in [2.75, 3.05) is 13.2 Å². The monoisotopic (exact) mass is 472 g/mol. The third-order valence-corrected chi connectivity index (χ3v) is 4.83. The number of rotatable bonds is 16. The maximum atomic E-state index is 12.4. The Bertz CT molecular complexity index is 513. The molecule has 1 aromatic rings. The van der Waals surface area contributed by atoms with Crippen molar-refractivity contribution in [3.8, 4) is 0 Å². The maximum absolute atomic E-state index is 12.4.